The van der Waals surface area contributed by atoms with Gasteiger partial charge in [0.05, 0.1) is 16.3 Å². The molecule has 0 aromatic heterocycles. The van der Waals surface area contributed by atoms with Crippen LogP contribution in [0, 0.1) is 11.6 Å². The van der Waals surface area contributed by atoms with Crippen molar-refractivity contribution in [2.75, 3.05) is 10.0 Å². The summed E-state index contributed by atoms with van der Waals surface area (Å²) in [6, 6.07) is 8.75. The molecule has 0 aliphatic carbocycles. The zero-order chi connectivity index (χ0) is 16.3. The molecule has 0 bridgehead atoms. The highest BCUT2D eigenvalue weighted by atomic mass is 32.2. The highest BCUT2D eigenvalue weighted by Gasteiger charge is 2.18. The predicted molar refractivity (Wildman–Crippen MR) is 77.9 cm³/mol. The van der Waals surface area contributed by atoms with Crippen molar-refractivity contribution < 1.29 is 22.0 Å². The van der Waals surface area contributed by atoms with Crippen molar-refractivity contribution in [3.05, 3.63) is 54.1 Å². The molecule has 116 valence electrons. The molecule has 2 aromatic rings. The van der Waals surface area contributed by atoms with Crippen molar-refractivity contribution in [3.8, 4) is 0 Å². The Morgan fingerprint density at radius 1 is 1.00 bits per heavy atom. The monoisotopic (exact) mass is 326 g/mol. The molecule has 0 aliphatic heterocycles. The molecule has 0 unspecified atom stereocenters. The number of carbonyl (C=O) groups is 1. The summed E-state index contributed by atoms with van der Waals surface area (Å²) >= 11 is 0. The number of rotatable bonds is 4. The summed E-state index contributed by atoms with van der Waals surface area (Å²) in [5.41, 5.74) is -0.441. The summed E-state index contributed by atoms with van der Waals surface area (Å²) in [5.74, 6) is -2.99. The van der Waals surface area contributed by atoms with E-state index in [1.807, 2.05) is 0 Å². The Balaban J connectivity index is 2.44. The normalized spacial score (nSPS) is 11.0. The summed E-state index contributed by atoms with van der Waals surface area (Å²) in [6.07, 6.45) is 0. The third-order valence-corrected chi connectivity index (χ3v) is 4.05. The second kappa shape index (κ2) is 6.10. The van der Waals surface area contributed by atoms with Gasteiger partial charge in [-0.05, 0) is 12.1 Å². The van der Waals surface area contributed by atoms with Gasteiger partial charge in [0.15, 0.2) is 11.6 Å². The Morgan fingerprint density at radius 2 is 1.55 bits per heavy atom. The summed E-state index contributed by atoms with van der Waals surface area (Å²) in [5, 5.41) is 2.24. The molecule has 2 aromatic carbocycles. The van der Waals surface area contributed by atoms with Gasteiger partial charge < -0.3 is 5.32 Å². The van der Waals surface area contributed by atoms with E-state index in [9.17, 15) is 22.0 Å². The smallest absolute Gasteiger partial charge is 0.261 e. The second-order valence-electron chi connectivity index (χ2n) is 4.41. The first-order valence-electron chi connectivity index (χ1n) is 6.14. The molecule has 2 rings (SSSR count). The molecule has 0 aliphatic rings. The van der Waals surface area contributed by atoms with E-state index < -0.39 is 27.6 Å². The molecule has 0 saturated carbocycles. The van der Waals surface area contributed by atoms with Gasteiger partial charge in [-0.1, -0.05) is 18.2 Å². The van der Waals surface area contributed by atoms with Crippen LogP contribution in [0.3, 0.4) is 0 Å². The maximum absolute atomic E-state index is 13.4. The third-order valence-electron chi connectivity index (χ3n) is 2.67. The van der Waals surface area contributed by atoms with E-state index in [4.69, 9.17) is 0 Å². The Bertz CT molecular complexity index is 808. The van der Waals surface area contributed by atoms with Crippen LogP contribution in [0.5, 0.6) is 0 Å². The molecular weight excluding hydrogens is 314 g/mol. The van der Waals surface area contributed by atoms with Gasteiger partial charge in [-0.3, -0.25) is 9.52 Å². The van der Waals surface area contributed by atoms with Crippen LogP contribution in [-0.2, 0) is 14.8 Å². The van der Waals surface area contributed by atoms with E-state index in [-0.39, 0.29) is 16.3 Å². The van der Waals surface area contributed by atoms with Crippen molar-refractivity contribution in [2.24, 2.45) is 0 Å². The lowest BCUT2D eigenvalue weighted by atomic mass is 10.2. The Labute approximate surface area is 126 Å². The van der Waals surface area contributed by atoms with Crippen LogP contribution in [0.4, 0.5) is 20.2 Å². The SMILES string of the molecule is CC(=O)Nc1cc(F)c(F)cc1NS(=O)(=O)c1ccccc1. The van der Waals surface area contributed by atoms with Crippen LogP contribution in [0.15, 0.2) is 47.4 Å². The number of hydrogen-bond acceptors (Lipinski definition) is 3. The molecule has 1 amide bonds. The molecular formula is C14H12F2N2O3S. The van der Waals surface area contributed by atoms with Crippen molar-refractivity contribution >= 4 is 27.3 Å². The minimum absolute atomic E-state index is 0.0477. The zero-order valence-electron chi connectivity index (χ0n) is 11.4. The number of anilines is 2. The standard InChI is InChI=1S/C14H12F2N2O3S/c1-9(19)17-13-7-11(15)12(16)8-14(13)18-22(20,21)10-5-3-2-4-6-10/h2-8,18H,1H3,(H,17,19). The number of hydrogen-bond donors (Lipinski definition) is 2. The van der Waals surface area contributed by atoms with Crippen LogP contribution < -0.4 is 10.0 Å². The Hall–Kier alpha value is -2.48. The highest BCUT2D eigenvalue weighted by Crippen LogP contribution is 2.27. The largest absolute Gasteiger partial charge is 0.324 e. The first-order chi connectivity index (χ1) is 10.3. The lowest BCUT2D eigenvalue weighted by Crippen LogP contribution is -2.16. The minimum atomic E-state index is -3.99. The Morgan fingerprint density at radius 3 is 2.09 bits per heavy atom. The number of benzene rings is 2. The van der Waals surface area contributed by atoms with Crippen molar-refractivity contribution in [2.45, 2.75) is 11.8 Å². The number of nitrogens with one attached hydrogen (secondary N) is 2. The first kappa shape index (κ1) is 15.9. The van der Waals surface area contributed by atoms with Gasteiger partial charge >= 0.3 is 0 Å². The van der Waals surface area contributed by atoms with Crippen LogP contribution >= 0.6 is 0 Å². The van der Waals surface area contributed by atoms with Crippen LogP contribution in [0.2, 0.25) is 0 Å². The summed E-state index contributed by atoms with van der Waals surface area (Å²) in [6.45, 7) is 1.16. The van der Waals surface area contributed by atoms with Crippen LogP contribution in [-0.4, -0.2) is 14.3 Å². The van der Waals surface area contributed by atoms with Gasteiger partial charge in [-0.15, -0.1) is 0 Å². The lowest BCUT2D eigenvalue weighted by Gasteiger charge is -2.13. The van der Waals surface area contributed by atoms with E-state index in [1.54, 1.807) is 6.07 Å². The average molecular weight is 326 g/mol. The lowest BCUT2D eigenvalue weighted by molar-refractivity contribution is -0.114. The van der Waals surface area contributed by atoms with Crippen molar-refractivity contribution in [3.63, 3.8) is 0 Å². The average Bonchev–Trinajstić information content (AvgIpc) is 2.44. The number of carbonyl (C=O) groups excluding carboxylic acids is 1. The van der Waals surface area contributed by atoms with Crippen LogP contribution in [0.1, 0.15) is 6.92 Å². The fourth-order valence-electron chi connectivity index (χ4n) is 1.73. The minimum Gasteiger partial charge on any atom is -0.324 e. The van der Waals surface area contributed by atoms with Crippen molar-refractivity contribution in [1.82, 2.24) is 0 Å². The summed E-state index contributed by atoms with van der Waals surface area (Å²) in [4.78, 5) is 11.0. The zero-order valence-corrected chi connectivity index (χ0v) is 12.2. The van der Waals surface area contributed by atoms with E-state index in [0.29, 0.717) is 12.1 Å². The summed E-state index contributed by atoms with van der Waals surface area (Å²) < 4.78 is 53.1. The quantitative estimate of drug-likeness (QED) is 0.907. The van der Waals surface area contributed by atoms with Crippen molar-refractivity contribution in [1.29, 1.82) is 0 Å². The Kier molecular flexibility index (Phi) is 4.41. The molecule has 8 heteroatoms. The molecule has 5 nitrogen and oxygen atoms in total. The molecule has 0 spiro atoms. The summed E-state index contributed by atoms with van der Waals surface area (Å²) in [7, 11) is -3.99. The van der Waals surface area contributed by atoms with Gasteiger partial charge in [-0.2, -0.15) is 0 Å². The first-order valence-corrected chi connectivity index (χ1v) is 7.62. The molecule has 2 N–H and O–H groups in total. The molecule has 0 saturated heterocycles. The molecule has 0 heterocycles. The van der Waals surface area contributed by atoms with E-state index in [0.717, 1.165) is 6.92 Å². The predicted octanol–water partition coefficient (Wildman–Crippen LogP) is 2.72. The van der Waals surface area contributed by atoms with Gasteiger partial charge in [0.1, 0.15) is 0 Å². The van der Waals surface area contributed by atoms with Gasteiger partial charge in [-0.25, -0.2) is 17.2 Å². The topological polar surface area (TPSA) is 75.3 Å². The van der Waals surface area contributed by atoms with Gasteiger partial charge in [0, 0.05) is 19.1 Å². The maximum Gasteiger partial charge on any atom is 0.261 e. The maximum atomic E-state index is 13.4. The molecule has 22 heavy (non-hydrogen) atoms. The molecule has 0 atom stereocenters. The number of halogens is 2. The fraction of sp³-hybridized carbons (Fsp3) is 0.0714. The van der Waals surface area contributed by atoms with Crippen LogP contribution in [0.25, 0.3) is 0 Å². The molecule has 0 fully saturated rings. The van der Waals surface area contributed by atoms with E-state index >= 15 is 0 Å². The third kappa shape index (κ3) is 3.59. The second-order valence-corrected chi connectivity index (χ2v) is 6.09. The van der Waals surface area contributed by atoms with Gasteiger partial charge in [0.25, 0.3) is 10.0 Å². The number of amides is 1. The van der Waals surface area contributed by atoms with E-state index in [1.165, 1.54) is 24.3 Å². The molecule has 0 radical (unpaired) electrons. The van der Waals surface area contributed by atoms with Gasteiger partial charge in [0.2, 0.25) is 5.91 Å². The highest BCUT2D eigenvalue weighted by molar-refractivity contribution is 7.92. The fourth-order valence-corrected chi connectivity index (χ4v) is 2.82. The number of sulfonamides is 1. The van der Waals surface area contributed by atoms with E-state index in [2.05, 4.69) is 10.0 Å².